The molecule has 2 N–H and O–H groups in total. The smallest absolute Gasteiger partial charge is 0.0495 e. The minimum absolute atomic E-state index is 0.505. The van der Waals surface area contributed by atoms with Crippen molar-refractivity contribution in [2.24, 2.45) is 0 Å². The van der Waals surface area contributed by atoms with Gasteiger partial charge in [-0.2, -0.15) is 0 Å². The summed E-state index contributed by atoms with van der Waals surface area (Å²) < 4.78 is 0. The summed E-state index contributed by atoms with van der Waals surface area (Å²) in [5.74, 6) is 0. The monoisotopic (exact) mass is 239 g/mol. The average molecular weight is 239 g/mol. The van der Waals surface area contributed by atoms with Gasteiger partial charge in [-0.25, -0.2) is 0 Å². The zero-order chi connectivity index (χ0) is 12.5. The molecule has 92 valence electrons. The van der Waals surface area contributed by atoms with Crippen molar-refractivity contribution in [1.82, 2.24) is 15.3 Å². The lowest BCUT2D eigenvalue weighted by Crippen LogP contribution is -2.21. The second-order valence-electron chi connectivity index (χ2n) is 4.96. The third kappa shape index (κ3) is 1.97. The fourth-order valence-corrected chi connectivity index (χ4v) is 2.22. The van der Waals surface area contributed by atoms with E-state index in [2.05, 4.69) is 47.3 Å². The van der Waals surface area contributed by atoms with Crippen LogP contribution in [0.2, 0.25) is 0 Å². The van der Waals surface area contributed by atoms with Crippen LogP contribution in [0.5, 0.6) is 0 Å². The number of fused-ring (bicyclic) bond motifs is 3. The predicted molar refractivity (Wildman–Crippen MR) is 75.6 cm³/mol. The number of nitrogens with one attached hydrogen (secondary N) is 2. The zero-order valence-electron chi connectivity index (χ0n) is 10.7. The maximum Gasteiger partial charge on any atom is 0.0495 e. The average Bonchev–Trinajstić information content (AvgIpc) is 2.74. The van der Waals surface area contributed by atoms with Crippen LogP contribution in [-0.2, 0) is 6.54 Å². The Kier molecular flexibility index (Phi) is 2.76. The van der Waals surface area contributed by atoms with Crippen LogP contribution in [0.1, 0.15) is 19.4 Å². The van der Waals surface area contributed by atoms with Crippen molar-refractivity contribution < 1.29 is 0 Å². The Morgan fingerprint density at radius 1 is 1.17 bits per heavy atom. The number of pyridine rings is 1. The van der Waals surface area contributed by atoms with Crippen LogP contribution in [0.15, 0.2) is 36.7 Å². The first-order valence-electron chi connectivity index (χ1n) is 6.32. The van der Waals surface area contributed by atoms with Crippen molar-refractivity contribution in [3.05, 3.63) is 42.2 Å². The van der Waals surface area contributed by atoms with E-state index in [1.165, 1.54) is 21.9 Å². The van der Waals surface area contributed by atoms with Crippen LogP contribution >= 0.6 is 0 Å². The standard InChI is InChI=1S/C15H17N3/c1-10(2)17-8-11-3-4-14-12(7-11)13-9-16-6-5-15(13)18-14/h3-7,9-10,17-18H,8H2,1-2H3. The first-order valence-corrected chi connectivity index (χ1v) is 6.32. The van der Waals surface area contributed by atoms with Crippen LogP contribution in [0.3, 0.4) is 0 Å². The molecule has 0 aliphatic rings. The van der Waals surface area contributed by atoms with Crippen molar-refractivity contribution in [2.45, 2.75) is 26.4 Å². The highest BCUT2D eigenvalue weighted by Gasteiger charge is 2.05. The molecule has 0 atom stereocenters. The number of H-pyrrole nitrogens is 1. The van der Waals surface area contributed by atoms with E-state index in [0.717, 1.165) is 12.1 Å². The molecule has 3 nitrogen and oxygen atoms in total. The summed E-state index contributed by atoms with van der Waals surface area (Å²) in [5, 5.41) is 5.89. The fraction of sp³-hybridized carbons (Fsp3) is 0.267. The van der Waals surface area contributed by atoms with Gasteiger partial charge < -0.3 is 10.3 Å². The molecule has 0 fully saturated rings. The number of aromatic amines is 1. The fourth-order valence-electron chi connectivity index (χ4n) is 2.22. The molecule has 0 spiro atoms. The Morgan fingerprint density at radius 3 is 2.83 bits per heavy atom. The molecule has 3 aromatic rings. The minimum Gasteiger partial charge on any atom is -0.354 e. The molecule has 1 aromatic carbocycles. The second kappa shape index (κ2) is 4.42. The lowest BCUT2D eigenvalue weighted by Gasteiger charge is -2.07. The van der Waals surface area contributed by atoms with Crippen molar-refractivity contribution in [1.29, 1.82) is 0 Å². The van der Waals surface area contributed by atoms with Gasteiger partial charge >= 0.3 is 0 Å². The van der Waals surface area contributed by atoms with E-state index in [0.29, 0.717) is 6.04 Å². The summed E-state index contributed by atoms with van der Waals surface area (Å²) in [5.41, 5.74) is 3.63. The van der Waals surface area contributed by atoms with E-state index >= 15 is 0 Å². The Balaban J connectivity index is 2.07. The van der Waals surface area contributed by atoms with E-state index in [1.807, 2.05) is 18.5 Å². The molecule has 18 heavy (non-hydrogen) atoms. The predicted octanol–water partition coefficient (Wildman–Crippen LogP) is 3.21. The molecule has 3 heteroatoms. The molecule has 0 radical (unpaired) electrons. The summed E-state index contributed by atoms with van der Waals surface area (Å²) >= 11 is 0. The van der Waals surface area contributed by atoms with Gasteiger partial charge in [0.15, 0.2) is 0 Å². The molecule has 3 rings (SSSR count). The maximum atomic E-state index is 4.20. The first-order chi connectivity index (χ1) is 8.74. The topological polar surface area (TPSA) is 40.7 Å². The van der Waals surface area contributed by atoms with Gasteiger partial charge in [0.1, 0.15) is 0 Å². The lowest BCUT2D eigenvalue weighted by molar-refractivity contribution is 0.589. The van der Waals surface area contributed by atoms with Crippen molar-refractivity contribution >= 4 is 21.8 Å². The van der Waals surface area contributed by atoms with Crippen LogP contribution in [0, 0.1) is 0 Å². The molecule has 0 bridgehead atoms. The summed E-state index contributed by atoms with van der Waals surface area (Å²) in [6, 6.07) is 9.07. The molecule has 2 aromatic heterocycles. The zero-order valence-corrected chi connectivity index (χ0v) is 10.7. The maximum absolute atomic E-state index is 4.20. The number of aromatic nitrogens is 2. The van der Waals surface area contributed by atoms with E-state index < -0.39 is 0 Å². The normalized spacial score (nSPS) is 11.7. The molecule has 0 amide bonds. The Hall–Kier alpha value is -1.87. The highest BCUT2D eigenvalue weighted by molar-refractivity contribution is 6.06. The third-order valence-electron chi connectivity index (χ3n) is 3.18. The molecule has 0 aliphatic heterocycles. The number of hydrogen-bond donors (Lipinski definition) is 2. The summed E-state index contributed by atoms with van der Waals surface area (Å²) in [4.78, 5) is 7.61. The molecule has 0 unspecified atom stereocenters. The van der Waals surface area contributed by atoms with E-state index in [1.54, 1.807) is 0 Å². The van der Waals surface area contributed by atoms with Crippen LogP contribution in [-0.4, -0.2) is 16.0 Å². The molecule has 2 heterocycles. The van der Waals surface area contributed by atoms with Crippen molar-refractivity contribution in [3.63, 3.8) is 0 Å². The number of hydrogen-bond acceptors (Lipinski definition) is 2. The number of rotatable bonds is 3. The molecule has 0 saturated carbocycles. The summed E-state index contributed by atoms with van der Waals surface area (Å²) in [6.07, 6.45) is 3.74. The van der Waals surface area contributed by atoms with E-state index in [9.17, 15) is 0 Å². The van der Waals surface area contributed by atoms with Crippen LogP contribution in [0.25, 0.3) is 21.8 Å². The molecule has 0 aliphatic carbocycles. The molecular formula is C15H17N3. The largest absolute Gasteiger partial charge is 0.354 e. The number of benzene rings is 1. The highest BCUT2D eigenvalue weighted by atomic mass is 14.9. The molecule has 0 saturated heterocycles. The van der Waals surface area contributed by atoms with E-state index in [4.69, 9.17) is 0 Å². The summed E-state index contributed by atoms with van der Waals surface area (Å²) in [6.45, 7) is 5.23. The van der Waals surface area contributed by atoms with Gasteiger partial charge in [-0.05, 0) is 23.8 Å². The lowest BCUT2D eigenvalue weighted by atomic mass is 10.1. The second-order valence-corrected chi connectivity index (χ2v) is 4.96. The van der Waals surface area contributed by atoms with Gasteiger partial charge in [0, 0.05) is 46.8 Å². The van der Waals surface area contributed by atoms with E-state index in [-0.39, 0.29) is 0 Å². The van der Waals surface area contributed by atoms with Gasteiger partial charge in [-0.1, -0.05) is 19.9 Å². The Bertz CT molecular complexity index is 682. The first kappa shape index (κ1) is 11.2. The Morgan fingerprint density at radius 2 is 2.00 bits per heavy atom. The molecular weight excluding hydrogens is 222 g/mol. The minimum atomic E-state index is 0.505. The van der Waals surface area contributed by atoms with Crippen LogP contribution < -0.4 is 5.32 Å². The van der Waals surface area contributed by atoms with Gasteiger partial charge in [-0.15, -0.1) is 0 Å². The van der Waals surface area contributed by atoms with Gasteiger partial charge in [0.05, 0.1) is 0 Å². The summed E-state index contributed by atoms with van der Waals surface area (Å²) in [7, 11) is 0. The highest BCUT2D eigenvalue weighted by Crippen LogP contribution is 2.25. The number of nitrogens with zero attached hydrogens (tertiary/aromatic N) is 1. The van der Waals surface area contributed by atoms with Gasteiger partial charge in [-0.3, -0.25) is 4.98 Å². The van der Waals surface area contributed by atoms with Crippen molar-refractivity contribution in [3.8, 4) is 0 Å². The van der Waals surface area contributed by atoms with Gasteiger partial charge in [0.2, 0.25) is 0 Å². The van der Waals surface area contributed by atoms with Crippen molar-refractivity contribution in [2.75, 3.05) is 0 Å². The Labute approximate surface area is 106 Å². The van der Waals surface area contributed by atoms with Crippen LogP contribution in [0.4, 0.5) is 0 Å². The van der Waals surface area contributed by atoms with Gasteiger partial charge in [0.25, 0.3) is 0 Å². The third-order valence-corrected chi connectivity index (χ3v) is 3.18. The quantitative estimate of drug-likeness (QED) is 0.736. The SMILES string of the molecule is CC(C)NCc1ccc2[nH]c3ccncc3c2c1.